The van der Waals surface area contributed by atoms with Gasteiger partial charge in [0.15, 0.2) is 5.78 Å². The van der Waals surface area contributed by atoms with Gasteiger partial charge in [-0.3, -0.25) is 9.48 Å². The van der Waals surface area contributed by atoms with E-state index in [0.29, 0.717) is 36.0 Å². The number of halogens is 1. The molecule has 3 heterocycles. The van der Waals surface area contributed by atoms with Crippen molar-refractivity contribution in [2.24, 2.45) is 5.92 Å². The number of ketones is 1. The number of carbonyl (C=O) groups is 1. The van der Waals surface area contributed by atoms with Crippen LogP contribution in [-0.2, 0) is 11.3 Å². The fourth-order valence-electron chi connectivity index (χ4n) is 3.77. The average Bonchev–Trinajstić information content (AvgIpc) is 2.91. The van der Waals surface area contributed by atoms with Gasteiger partial charge in [0, 0.05) is 25.1 Å². The number of methoxy groups -OCH3 is 1. The van der Waals surface area contributed by atoms with Crippen LogP contribution in [0.15, 0.2) is 6.20 Å². The molecule has 2 atom stereocenters. The first-order valence-corrected chi connectivity index (χ1v) is 7.96. The Morgan fingerprint density at radius 2 is 2.10 bits per heavy atom. The van der Waals surface area contributed by atoms with Gasteiger partial charge in [-0.05, 0) is 32.7 Å². The molecule has 2 fully saturated rings. The van der Waals surface area contributed by atoms with Crippen LogP contribution in [0, 0.1) is 5.92 Å². The topological polar surface area (TPSA) is 47.4 Å². The van der Waals surface area contributed by atoms with Gasteiger partial charge >= 0.3 is 0 Å². The molecule has 2 saturated heterocycles. The third-order valence-electron chi connectivity index (χ3n) is 5.00. The molecular formula is C15H22ClN3O2. The summed E-state index contributed by atoms with van der Waals surface area (Å²) in [5.74, 6) is 0.229. The van der Waals surface area contributed by atoms with Gasteiger partial charge in [-0.15, -0.1) is 0 Å². The molecule has 6 heteroatoms. The summed E-state index contributed by atoms with van der Waals surface area (Å²) in [5, 5.41) is 4.67. The Balaban J connectivity index is 1.78. The second-order valence-electron chi connectivity index (χ2n) is 6.14. The molecule has 0 aliphatic carbocycles. The second kappa shape index (κ2) is 6.07. The minimum absolute atomic E-state index is 0.0780. The molecule has 2 aliphatic rings. The van der Waals surface area contributed by atoms with E-state index < -0.39 is 0 Å². The predicted molar refractivity (Wildman–Crippen MR) is 80.7 cm³/mol. The zero-order valence-electron chi connectivity index (χ0n) is 12.6. The van der Waals surface area contributed by atoms with Crippen molar-refractivity contribution in [3.8, 4) is 0 Å². The van der Waals surface area contributed by atoms with Gasteiger partial charge in [0.2, 0.25) is 0 Å². The lowest BCUT2D eigenvalue weighted by molar-refractivity contribution is 0.0754. The normalized spacial score (nSPS) is 29.0. The molecule has 2 unspecified atom stereocenters. The molecule has 0 spiro atoms. The second-order valence-corrected chi connectivity index (χ2v) is 6.55. The molecule has 21 heavy (non-hydrogen) atoms. The number of aromatic nitrogens is 2. The number of nitrogens with zero attached hydrogens (tertiary/aromatic N) is 3. The van der Waals surface area contributed by atoms with Crippen LogP contribution in [0.1, 0.15) is 36.2 Å². The first-order chi connectivity index (χ1) is 10.1. The monoisotopic (exact) mass is 311 g/mol. The van der Waals surface area contributed by atoms with Crippen LogP contribution >= 0.6 is 11.6 Å². The molecule has 2 bridgehead atoms. The Bertz CT molecular complexity index is 517. The standard InChI is InChI=1S/C15H22ClN3O2/c1-18-11-3-4-12(18)8-10(7-11)15(20)14-13(16)9-17-19(14)5-6-21-2/h9-12H,3-8H2,1-2H3. The van der Waals surface area contributed by atoms with E-state index >= 15 is 0 Å². The molecule has 0 radical (unpaired) electrons. The predicted octanol–water partition coefficient (Wildman–Crippen LogP) is 2.24. The van der Waals surface area contributed by atoms with Crippen LogP contribution in [0.2, 0.25) is 5.02 Å². The molecule has 1 aromatic heterocycles. The van der Waals surface area contributed by atoms with E-state index in [2.05, 4.69) is 17.0 Å². The lowest BCUT2D eigenvalue weighted by Crippen LogP contribution is -2.42. The van der Waals surface area contributed by atoms with E-state index in [1.165, 1.54) is 12.8 Å². The summed E-state index contributed by atoms with van der Waals surface area (Å²) in [6.07, 6.45) is 5.87. The van der Waals surface area contributed by atoms with E-state index in [1.807, 2.05) is 0 Å². The summed E-state index contributed by atoms with van der Waals surface area (Å²) in [7, 11) is 3.82. The summed E-state index contributed by atoms with van der Waals surface area (Å²) in [5.41, 5.74) is 0.558. The summed E-state index contributed by atoms with van der Waals surface area (Å²) >= 11 is 6.20. The maximum Gasteiger partial charge on any atom is 0.185 e. The summed E-state index contributed by atoms with van der Waals surface area (Å²) in [4.78, 5) is 15.3. The molecule has 5 nitrogen and oxygen atoms in total. The highest BCUT2D eigenvalue weighted by molar-refractivity contribution is 6.33. The summed E-state index contributed by atoms with van der Waals surface area (Å²) in [6, 6.07) is 1.10. The molecule has 3 rings (SSSR count). The number of hydrogen-bond acceptors (Lipinski definition) is 4. The SMILES string of the molecule is COCCn1ncc(Cl)c1C(=O)C1CC2CCC(C1)N2C. The lowest BCUT2D eigenvalue weighted by atomic mass is 9.86. The molecule has 0 aromatic carbocycles. The van der Waals surface area contributed by atoms with Crippen LogP contribution in [0.25, 0.3) is 0 Å². The highest BCUT2D eigenvalue weighted by atomic mass is 35.5. The first kappa shape index (κ1) is 15.0. The van der Waals surface area contributed by atoms with Gasteiger partial charge in [0.1, 0.15) is 5.69 Å². The van der Waals surface area contributed by atoms with Crippen molar-refractivity contribution < 1.29 is 9.53 Å². The van der Waals surface area contributed by atoms with Crippen molar-refractivity contribution in [2.45, 2.75) is 44.3 Å². The quantitative estimate of drug-likeness (QED) is 0.783. The van der Waals surface area contributed by atoms with Crippen LogP contribution < -0.4 is 0 Å². The van der Waals surface area contributed by atoms with Gasteiger partial charge in [-0.2, -0.15) is 5.10 Å². The third-order valence-corrected chi connectivity index (χ3v) is 5.28. The van der Waals surface area contributed by atoms with Gasteiger partial charge in [0.05, 0.1) is 24.4 Å². The smallest absolute Gasteiger partial charge is 0.185 e. The molecule has 2 aliphatic heterocycles. The van der Waals surface area contributed by atoms with Crippen molar-refractivity contribution in [1.82, 2.24) is 14.7 Å². The summed E-state index contributed by atoms with van der Waals surface area (Å²) < 4.78 is 6.76. The van der Waals surface area contributed by atoms with Crippen LogP contribution in [-0.4, -0.2) is 53.3 Å². The van der Waals surface area contributed by atoms with Crippen molar-refractivity contribution in [3.63, 3.8) is 0 Å². The fourth-order valence-corrected chi connectivity index (χ4v) is 4.01. The zero-order chi connectivity index (χ0) is 15.0. The first-order valence-electron chi connectivity index (χ1n) is 7.58. The maximum absolute atomic E-state index is 12.9. The lowest BCUT2D eigenvalue weighted by Gasteiger charge is -2.35. The van der Waals surface area contributed by atoms with Crippen molar-refractivity contribution in [1.29, 1.82) is 0 Å². The van der Waals surface area contributed by atoms with Crippen molar-refractivity contribution in [2.75, 3.05) is 20.8 Å². The molecule has 1 aromatic rings. The number of Topliss-reactive ketones (excluding diaryl/α,β-unsaturated/α-hetero) is 1. The minimum Gasteiger partial charge on any atom is -0.383 e. The number of piperidine rings is 1. The van der Waals surface area contributed by atoms with E-state index in [1.54, 1.807) is 18.0 Å². The van der Waals surface area contributed by atoms with Crippen molar-refractivity contribution in [3.05, 3.63) is 16.9 Å². The Morgan fingerprint density at radius 3 is 2.71 bits per heavy atom. The fraction of sp³-hybridized carbons (Fsp3) is 0.733. The third kappa shape index (κ3) is 2.74. The molecule has 0 amide bonds. The Hall–Kier alpha value is -0.910. The van der Waals surface area contributed by atoms with E-state index in [-0.39, 0.29) is 11.7 Å². The average molecular weight is 312 g/mol. The molecule has 0 saturated carbocycles. The van der Waals surface area contributed by atoms with Gasteiger partial charge in [-0.1, -0.05) is 11.6 Å². The number of fused-ring (bicyclic) bond motifs is 2. The van der Waals surface area contributed by atoms with E-state index in [4.69, 9.17) is 16.3 Å². The maximum atomic E-state index is 12.9. The highest BCUT2D eigenvalue weighted by Gasteiger charge is 2.42. The Morgan fingerprint density at radius 1 is 1.43 bits per heavy atom. The van der Waals surface area contributed by atoms with Gasteiger partial charge < -0.3 is 9.64 Å². The number of carbonyl (C=O) groups excluding carboxylic acids is 1. The minimum atomic E-state index is 0.0780. The van der Waals surface area contributed by atoms with Gasteiger partial charge in [-0.25, -0.2) is 0 Å². The highest BCUT2D eigenvalue weighted by Crippen LogP contribution is 2.39. The Kier molecular flexibility index (Phi) is 4.33. The zero-order valence-corrected chi connectivity index (χ0v) is 13.3. The van der Waals surface area contributed by atoms with Crippen molar-refractivity contribution >= 4 is 17.4 Å². The van der Waals surface area contributed by atoms with Crippen LogP contribution in [0.4, 0.5) is 0 Å². The number of ether oxygens (including phenoxy) is 1. The number of hydrogen-bond donors (Lipinski definition) is 0. The molecular weight excluding hydrogens is 290 g/mol. The molecule has 0 N–H and O–H groups in total. The van der Waals surface area contributed by atoms with E-state index in [0.717, 1.165) is 12.8 Å². The Labute approximate surface area is 130 Å². The summed E-state index contributed by atoms with van der Waals surface area (Å²) in [6.45, 7) is 1.08. The number of rotatable bonds is 5. The van der Waals surface area contributed by atoms with Crippen LogP contribution in [0.3, 0.4) is 0 Å². The van der Waals surface area contributed by atoms with Crippen LogP contribution in [0.5, 0.6) is 0 Å². The largest absolute Gasteiger partial charge is 0.383 e. The van der Waals surface area contributed by atoms with Gasteiger partial charge in [0.25, 0.3) is 0 Å². The van der Waals surface area contributed by atoms with E-state index in [9.17, 15) is 4.79 Å². The molecule has 116 valence electrons.